The smallest absolute Gasteiger partial charge is 0.258 e. The number of nitrogens with one attached hydrogen (secondary N) is 2. The fraction of sp³-hybridized carbons (Fsp3) is 0.394. The molecule has 0 aromatic heterocycles. The van der Waals surface area contributed by atoms with Crippen molar-refractivity contribution in [3.05, 3.63) is 86.9 Å². The minimum atomic E-state index is -0.0298. The van der Waals surface area contributed by atoms with Gasteiger partial charge in [0.15, 0.2) is 5.75 Å². The number of carbonyl (C=O) groups is 2. The predicted octanol–water partition coefficient (Wildman–Crippen LogP) is 6.49. The van der Waals surface area contributed by atoms with Gasteiger partial charge in [-0.3, -0.25) is 9.59 Å². The molecule has 2 fully saturated rings. The second-order valence-electron chi connectivity index (χ2n) is 11.0. The summed E-state index contributed by atoms with van der Waals surface area (Å²) in [5.41, 5.74) is 4.64. The molecule has 42 heavy (non-hydrogen) atoms. The van der Waals surface area contributed by atoms with Crippen molar-refractivity contribution in [1.82, 2.24) is 10.6 Å². The lowest BCUT2D eigenvalue weighted by Gasteiger charge is -2.27. The minimum absolute atomic E-state index is 0.0285. The van der Waals surface area contributed by atoms with Gasteiger partial charge in [0.05, 0.1) is 21.7 Å². The SMILES string of the molecule is Cc1cc(CNC(=O)C2CCCNC2)cc(C)c1N(C(=O)c1ccc(OCCOc2c(Cl)cccc2Cl)cc1)C1CC1. The van der Waals surface area contributed by atoms with E-state index in [2.05, 4.69) is 22.8 Å². The number of benzene rings is 3. The van der Waals surface area contributed by atoms with E-state index in [0.29, 0.717) is 40.3 Å². The third kappa shape index (κ3) is 7.38. The Bertz CT molecular complexity index is 1380. The summed E-state index contributed by atoms with van der Waals surface area (Å²) in [6.07, 6.45) is 3.92. The highest BCUT2D eigenvalue weighted by atomic mass is 35.5. The topological polar surface area (TPSA) is 79.9 Å². The van der Waals surface area contributed by atoms with Crippen molar-refractivity contribution in [3.8, 4) is 11.5 Å². The van der Waals surface area contributed by atoms with Gasteiger partial charge in [-0.25, -0.2) is 0 Å². The van der Waals surface area contributed by atoms with Crippen molar-refractivity contribution in [2.45, 2.75) is 52.1 Å². The monoisotopic (exact) mass is 609 g/mol. The molecule has 1 unspecified atom stereocenters. The summed E-state index contributed by atoms with van der Waals surface area (Å²) < 4.78 is 11.5. The van der Waals surface area contributed by atoms with Crippen LogP contribution in [0, 0.1) is 19.8 Å². The number of nitrogens with zero attached hydrogens (tertiary/aromatic N) is 1. The first kappa shape index (κ1) is 30.2. The molecule has 2 N–H and O–H groups in total. The van der Waals surface area contributed by atoms with Crippen molar-refractivity contribution in [3.63, 3.8) is 0 Å². The third-order valence-corrected chi connectivity index (χ3v) is 8.27. The third-order valence-electron chi connectivity index (χ3n) is 7.68. The van der Waals surface area contributed by atoms with Crippen LogP contribution in [0.15, 0.2) is 54.6 Å². The Labute approximate surface area is 257 Å². The average Bonchev–Trinajstić information content (AvgIpc) is 3.83. The molecule has 3 aromatic carbocycles. The minimum Gasteiger partial charge on any atom is -0.490 e. The van der Waals surface area contributed by atoms with Gasteiger partial charge in [0.25, 0.3) is 5.91 Å². The molecule has 0 spiro atoms. The van der Waals surface area contributed by atoms with E-state index in [1.807, 2.05) is 18.7 Å². The zero-order valence-corrected chi connectivity index (χ0v) is 25.6. The van der Waals surface area contributed by atoms with E-state index in [4.69, 9.17) is 32.7 Å². The van der Waals surface area contributed by atoms with Crippen molar-refractivity contribution in [2.75, 3.05) is 31.2 Å². The summed E-state index contributed by atoms with van der Waals surface area (Å²) in [5.74, 6) is 1.17. The molecular weight excluding hydrogens is 573 g/mol. The summed E-state index contributed by atoms with van der Waals surface area (Å²) in [6, 6.07) is 16.7. The molecular formula is C33H37Cl2N3O4. The molecule has 1 saturated carbocycles. The van der Waals surface area contributed by atoms with Crippen molar-refractivity contribution in [1.29, 1.82) is 0 Å². The fourth-order valence-corrected chi connectivity index (χ4v) is 5.98. The second kappa shape index (κ2) is 13.8. The van der Waals surface area contributed by atoms with Crippen molar-refractivity contribution >= 4 is 40.7 Å². The molecule has 1 aliphatic carbocycles. The van der Waals surface area contributed by atoms with Crippen LogP contribution in [-0.2, 0) is 11.3 Å². The van der Waals surface area contributed by atoms with Crippen molar-refractivity contribution in [2.24, 2.45) is 5.92 Å². The molecule has 2 amide bonds. The maximum Gasteiger partial charge on any atom is 0.258 e. The van der Waals surface area contributed by atoms with E-state index in [1.165, 1.54) is 0 Å². The number of halogens is 2. The predicted molar refractivity (Wildman–Crippen MR) is 167 cm³/mol. The first-order valence-electron chi connectivity index (χ1n) is 14.5. The van der Waals surface area contributed by atoms with Gasteiger partial charge < -0.3 is 25.0 Å². The summed E-state index contributed by atoms with van der Waals surface area (Å²) in [4.78, 5) is 28.3. The van der Waals surface area contributed by atoms with E-state index >= 15 is 0 Å². The quantitative estimate of drug-likeness (QED) is 0.243. The molecule has 9 heteroatoms. The largest absolute Gasteiger partial charge is 0.490 e. The second-order valence-corrected chi connectivity index (χ2v) is 11.8. The number of rotatable bonds is 11. The lowest BCUT2D eigenvalue weighted by molar-refractivity contribution is -0.125. The van der Waals surface area contributed by atoms with E-state index in [-0.39, 0.29) is 30.4 Å². The van der Waals surface area contributed by atoms with Gasteiger partial charge in [-0.05, 0) is 99.2 Å². The highest BCUT2D eigenvalue weighted by molar-refractivity contribution is 6.37. The molecule has 0 radical (unpaired) electrons. The number of amides is 2. The van der Waals surface area contributed by atoms with Gasteiger partial charge in [0.1, 0.15) is 19.0 Å². The van der Waals surface area contributed by atoms with E-state index in [9.17, 15) is 9.59 Å². The standard InChI is InChI=1S/C33H37Cl2N3O4/c1-21-17-23(19-37-32(39)25-5-4-14-36-20-25)18-22(2)30(21)38(26-10-11-26)33(40)24-8-12-27(13-9-24)41-15-16-42-31-28(34)6-3-7-29(31)35/h3,6-9,12-13,17-18,25-26,36H,4-5,10-11,14-16,19-20H2,1-2H3,(H,37,39). The number of hydrogen-bond donors (Lipinski definition) is 2. The number of piperidine rings is 1. The maximum atomic E-state index is 13.8. The molecule has 1 atom stereocenters. The van der Waals surface area contributed by atoms with Crippen LogP contribution in [0.1, 0.15) is 52.7 Å². The molecule has 1 heterocycles. The van der Waals surface area contributed by atoms with Crippen LogP contribution >= 0.6 is 23.2 Å². The van der Waals surface area contributed by atoms with Crippen LogP contribution in [0.5, 0.6) is 11.5 Å². The molecule has 0 bridgehead atoms. The maximum absolute atomic E-state index is 13.8. The highest BCUT2D eigenvalue weighted by Gasteiger charge is 2.36. The number of ether oxygens (including phenoxy) is 2. The molecule has 5 rings (SSSR count). The van der Waals surface area contributed by atoms with Gasteiger partial charge in [0, 0.05) is 24.7 Å². The number of para-hydroxylation sites is 1. The van der Waals surface area contributed by atoms with Gasteiger partial charge in [-0.1, -0.05) is 41.4 Å². The van der Waals surface area contributed by atoms with Crippen LogP contribution in [0.4, 0.5) is 5.69 Å². The lowest BCUT2D eigenvalue weighted by atomic mass is 9.98. The van der Waals surface area contributed by atoms with E-state index < -0.39 is 0 Å². The molecule has 222 valence electrons. The van der Waals surface area contributed by atoms with Gasteiger partial charge in [-0.15, -0.1) is 0 Å². The highest BCUT2D eigenvalue weighted by Crippen LogP contribution is 2.38. The zero-order valence-electron chi connectivity index (χ0n) is 24.1. The Morgan fingerprint density at radius 2 is 1.62 bits per heavy atom. The summed E-state index contributed by atoms with van der Waals surface area (Å²) in [7, 11) is 0. The Hall–Kier alpha value is -3.26. The van der Waals surface area contributed by atoms with Crippen LogP contribution < -0.4 is 25.0 Å². The van der Waals surface area contributed by atoms with Crippen LogP contribution in [0.3, 0.4) is 0 Å². The number of anilines is 1. The zero-order chi connectivity index (χ0) is 29.6. The van der Waals surface area contributed by atoms with Gasteiger partial charge in [0.2, 0.25) is 5.91 Å². The molecule has 7 nitrogen and oxygen atoms in total. The Kier molecular flexibility index (Phi) is 9.93. The Morgan fingerprint density at radius 1 is 0.952 bits per heavy atom. The number of hydrogen-bond acceptors (Lipinski definition) is 5. The Morgan fingerprint density at radius 3 is 2.24 bits per heavy atom. The first-order chi connectivity index (χ1) is 20.3. The normalized spacial score (nSPS) is 16.5. The molecule has 1 saturated heterocycles. The number of aryl methyl sites for hydroxylation is 2. The summed E-state index contributed by atoms with van der Waals surface area (Å²) in [6.45, 7) is 6.84. The molecule has 2 aliphatic rings. The van der Waals surface area contributed by atoms with E-state index in [0.717, 1.165) is 61.2 Å². The van der Waals surface area contributed by atoms with E-state index in [1.54, 1.807) is 42.5 Å². The first-order valence-corrected chi connectivity index (χ1v) is 15.3. The summed E-state index contributed by atoms with van der Waals surface area (Å²) in [5, 5.41) is 7.30. The van der Waals surface area contributed by atoms with Crippen molar-refractivity contribution < 1.29 is 19.1 Å². The fourth-order valence-electron chi connectivity index (χ4n) is 5.48. The van der Waals surface area contributed by atoms with Crippen LogP contribution in [-0.4, -0.2) is 44.2 Å². The lowest BCUT2D eigenvalue weighted by Crippen LogP contribution is -2.40. The van der Waals surface area contributed by atoms with Gasteiger partial charge in [-0.2, -0.15) is 0 Å². The average molecular weight is 611 g/mol. The van der Waals surface area contributed by atoms with Crippen LogP contribution in [0.25, 0.3) is 0 Å². The molecule has 1 aliphatic heterocycles. The molecule has 3 aromatic rings. The van der Waals surface area contributed by atoms with Crippen LogP contribution in [0.2, 0.25) is 10.0 Å². The summed E-state index contributed by atoms with van der Waals surface area (Å²) >= 11 is 12.3. The number of carbonyl (C=O) groups excluding carboxylic acids is 2. The van der Waals surface area contributed by atoms with Gasteiger partial charge >= 0.3 is 0 Å². The Balaban J connectivity index is 1.20.